The molecule has 2 aromatic heterocycles. The zero-order chi connectivity index (χ0) is 20.1. The van der Waals surface area contributed by atoms with Gasteiger partial charge in [-0.05, 0) is 18.8 Å². The van der Waals surface area contributed by atoms with Crippen molar-refractivity contribution in [1.29, 1.82) is 0 Å². The minimum absolute atomic E-state index is 0.164. The highest BCUT2D eigenvalue weighted by Gasteiger charge is 2.24. The van der Waals surface area contributed by atoms with Gasteiger partial charge in [-0.15, -0.1) is 0 Å². The quantitative estimate of drug-likeness (QED) is 0.688. The molecule has 29 heavy (non-hydrogen) atoms. The Kier molecular flexibility index (Phi) is 5.69. The Balaban J connectivity index is 1.32. The predicted octanol–water partition coefficient (Wildman–Crippen LogP) is 2.79. The molecule has 0 saturated carbocycles. The fourth-order valence-corrected chi connectivity index (χ4v) is 3.56. The number of carbonyl (C=O) groups excluding carboxylic acids is 1. The maximum absolute atomic E-state index is 12.7. The molecule has 1 fully saturated rings. The first-order valence-electron chi connectivity index (χ1n) is 9.64. The Morgan fingerprint density at radius 2 is 1.97 bits per heavy atom. The largest absolute Gasteiger partial charge is 0.478 e. The van der Waals surface area contributed by atoms with Gasteiger partial charge in [-0.3, -0.25) is 4.79 Å². The van der Waals surface area contributed by atoms with Crippen LogP contribution in [0.1, 0.15) is 23.2 Å². The summed E-state index contributed by atoms with van der Waals surface area (Å²) in [5.74, 6) is 2.04. The van der Waals surface area contributed by atoms with Gasteiger partial charge in [0.1, 0.15) is 5.56 Å². The number of ether oxygens (including phenoxy) is 1. The molecule has 3 aromatic rings. The van der Waals surface area contributed by atoms with Crippen LogP contribution in [0.2, 0.25) is 0 Å². The van der Waals surface area contributed by atoms with Gasteiger partial charge >= 0.3 is 0 Å². The number of piperidine rings is 1. The highest BCUT2D eigenvalue weighted by molar-refractivity contribution is 5.99. The number of nitrogens with zero attached hydrogens (tertiary/aromatic N) is 4. The van der Waals surface area contributed by atoms with Crippen LogP contribution in [-0.4, -0.2) is 47.8 Å². The van der Waals surface area contributed by atoms with Crippen molar-refractivity contribution in [3.8, 4) is 17.2 Å². The Labute approximate surface area is 168 Å². The highest BCUT2D eigenvalue weighted by Crippen LogP contribution is 2.27. The second-order valence-corrected chi connectivity index (χ2v) is 6.96. The molecule has 1 amide bonds. The third kappa shape index (κ3) is 4.21. The summed E-state index contributed by atoms with van der Waals surface area (Å²) < 4.78 is 10.6. The first kappa shape index (κ1) is 18.9. The summed E-state index contributed by atoms with van der Waals surface area (Å²) in [6.45, 7) is 2.31. The van der Waals surface area contributed by atoms with Gasteiger partial charge in [-0.2, -0.15) is 0 Å². The van der Waals surface area contributed by atoms with E-state index in [-0.39, 0.29) is 5.91 Å². The minimum Gasteiger partial charge on any atom is -0.478 e. The molecule has 4 rings (SSSR count). The molecule has 1 aromatic carbocycles. The molecule has 0 aliphatic carbocycles. The summed E-state index contributed by atoms with van der Waals surface area (Å²) in [4.78, 5) is 23.4. The number of amides is 1. The van der Waals surface area contributed by atoms with Crippen LogP contribution in [0, 0.1) is 5.92 Å². The molecule has 0 atom stereocenters. The van der Waals surface area contributed by atoms with Crippen LogP contribution < -0.4 is 15.0 Å². The van der Waals surface area contributed by atoms with E-state index in [0.717, 1.165) is 37.3 Å². The van der Waals surface area contributed by atoms with Crippen molar-refractivity contribution in [2.24, 2.45) is 5.92 Å². The maximum atomic E-state index is 12.7. The number of nitrogens with one attached hydrogen (secondary N) is 1. The monoisotopic (exact) mass is 393 g/mol. The SMILES string of the molecule is COc1nccnc1N1CCC(CNC(=O)c2cnoc2-c2ccccc2)CC1. The normalized spacial score (nSPS) is 14.6. The fraction of sp³-hybridized carbons (Fsp3) is 0.333. The molecular formula is C21H23N5O3. The number of rotatable bonds is 6. The molecule has 0 spiro atoms. The number of anilines is 1. The highest BCUT2D eigenvalue weighted by atomic mass is 16.5. The number of carbonyl (C=O) groups is 1. The van der Waals surface area contributed by atoms with E-state index in [2.05, 4.69) is 25.3 Å². The van der Waals surface area contributed by atoms with Crippen LogP contribution in [0.4, 0.5) is 5.82 Å². The molecule has 3 heterocycles. The zero-order valence-corrected chi connectivity index (χ0v) is 16.2. The van der Waals surface area contributed by atoms with Gasteiger partial charge in [0.25, 0.3) is 11.8 Å². The van der Waals surface area contributed by atoms with Crippen LogP contribution in [0.3, 0.4) is 0 Å². The van der Waals surface area contributed by atoms with Gasteiger partial charge in [-0.25, -0.2) is 9.97 Å². The van der Waals surface area contributed by atoms with Crippen LogP contribution in [0.5, 0.6) is 5.88 Å². The van der Waals surface area contributed by atoms with E-state index < -0.39 is 0 Å². The fourth-order valence-electron chi connectivity index (χ4n) is 3.56. The molecule has 1 aliphatic rings. The third-order valence-electron chi connectivity index (χ3n) is 5.16. The van der Waals surface area contributed by atoms with Crippen molar-refractivity contribution < 1.29 is 14.1 Å². The molecule has 1 aliphatic heterocycles. The number of hydrogen-bond donors (Lipinski definition) is 1. The Bertz CT molecular complexity index is 952. The summed E-state index contributed by atoms with van der Waals surface area (Å²) >= 11 is 0. The van der Waals surface area contributed by atoms with Gasteiger partial charge in [0.15, 0.2) is 11.6 Å². The van der Waals surface area contributed by atoms with Crippen LogP contribution in [0.15, 0.2) is 53.4 Å². The van der Waals surface area contributed by atoms with Crippen molar-refractivity contribution in [1.82, 2.24) is 20.4 Å². The summed E-state index contributed by atoms with van der Waals surface area (Å²) in [7, 11) is 1.60. The summed E-state index contributed by atoms with van der Waals surface area (Å²) in [6.07, 6.45) is 6.68. The standard InChI is InChI=1S/C21H23N5O3/c1-28-21-19(22-9-10-23-21)26-11-7-15(8-12-26)13-24-20(27)17-14-25-29-18(17)16-5-3-2-4-6-16/h2-6,9-10,14-15H,7-8,11-13H2,1H3,(H,24,27). The smallest absolute Gasteiger partial charge is 0.257 e. The number of hydrogen-bond acceptors (Lipinski definition) is 7. The van der Waals surface area contributed by atoms with E-state index in [0.29, 0.717) is 29.7 Å². The average molecular weight is 393 g/mol. The zero-order valence-electron chi connectivity index (χ0n) is 16.2. The molecule has 0 bridgehead atoms. The number of aromatic nitrogens is 3. The minimum atomic E-state index is -0.164. The molecule has 1 saturated heterocycles. The van der Waals surface area contributed by atoms with Crippen molar-refractivity contribution in [3.05, 3.63) is 54.5 Å². The van der Waals surface area contributed by atoms with E-state index in [9.17, 15) is 4.79 Å². The van der Waals surface area contributed by atoms with E-state index >= 15 is 0 Å². The second-order valence-electron chi connectivity index (χ2n) is 6.96. The average Bonchev–Trinajstić information content (AvgIpc) is 3.28. The van der Waals surface area contributed by atoms with Gasteiger partial charge in [-0.1, -0.05) is 35.5 Å². The lowest BCUT2D eigenvalue weighted by Gasteiger charge is -2.33. The molecule has 0 unspecified atom stereocenters. The van der Waals surface area contributed by atoms with Crippen molar-refractivity contribution in [2.75, 3.05) is 31.6 Å². The van der Waals surface area contributed by atoms with Gasteiger partial charge in [0, 0.05) is 37.6 Å². The van der Waals surface area contributed by atoms with Crippen LogP contribution in [0.25, 0.3) is 11.3 Å². The van der Waals surface area contributed by atoms with Crippen molar-refractivity contribution in [3.63, 3.8) is 0 Å². The van der Waals surface area contributed by atoms with E-state index in [1.807, 2.05) is 30.3 Å². The van der Waals surface area contributed by atoms with E-state index in [1.165, 1.54) is 6.20 Å². The maximum Gasteiger partial charge on any atom is 0.257 e. The van der Waals surface area contributed by atoms with Crippen molar-refractivity contribution >= 4 is 11.7 Å². The van der Waals surface area contributed by atoms with Crippen LogP contribution in [-0.2, 0) is 0 Å². The summed E-state index contributed by atoms with van der Waals surface area (Å²) in [5.41, 5.74) is 1.29. The number of benzene rings is 1. The Morgan fingerprint density at radius 1 is 1.21 bits per heavy atom. The number of methoxy groups -OCH3 is 1. The first-order chi connectivity index (χ1) is 14.3. The van der Waals surface area contributed by atoms with Crippen LogP contribution >= 0.6 is 0 Å². The summed E-state index contributed by atoms with van der Waals surface area (Å²) in [6, 6.07) is 9.52. The second kappa shape index (κ2) is 8.72. The molecule has 0 radical (unpaired) electrons. The lowest BCUT2D eigenvalue weighted by atomic mass is 9.96. The molecule has 8 heteroatoms. The van der Waals surface area contributed by atoms with E-state index in [1.54, 1.807) is 19.5 Å². The third-order valence-corrected chi connectivity index (χ3v) is 5.16. The Morgan fingerprint density at radius 3 is 2.72 bits per heavy atom. The van der Waals surface area contributed by atoms with E-state index in [4.69, 9.17) is 9.26 Å². The van der Waals surface area contributed by atoms with Gasteiger partial charge in [0.05, 0.1) is 13.3 Å². The first-order valence-corrected chi connectivity index (χ1v) is 9.64. The van der Waals surface area contributed by atoms with Crippen molar-refractivity contribution in [2.45, 2.75) is 12.8 Å². The van der Waals surface area contributed by atoms with Gasteiger partial charge < -0.3 is 19.5 Å². The molecular weight excluding hydrogens is 370 g/mol. The lowest BCUT2D eigenvalue weighted by Crippen LogP contribution is -2.39. The molecule has 8 nitrogen and oxygen atoms in total. The molecule has 1 N–H and O–H groups in total. The Hall–Kier alpha value is -3.42. The lowest BCUT2D eigenvalue weighted by molar-refractivity contribution is 0.0945. The summed E-state index contributed by atoms with van der Waals surface area (Å²) in [5, 5.41) is 6.84. The molecule has 150 valence electrons. The topological polar surface area (TPSA) is 93.4 Å². The van der Waals surface area contributed by atoms with Gasteiger partial charge in [0.2, 0.25) is 0 Å². The predicted molar refractivity (Wildman–Crippen MR) is 108 cm³/mol.